The number of hydrogen-bond donors (Lipinski definition) is 1. The molecule has 0 aliphatic heterocycles. The van der Waals surface area contributed by atoms with Crippen LogP contribution in [0.4, 0.5) is 10.1 Å². The monoisotopic (exact) mass is 286 g/mol. The Bertz CT molecular complexity index is 649. The van der Waals surface area contributed by atoms with Gasteiger partial charge in [0, 0.05) is 5.56 Å². The molecular formula is C16H15FN2O2. The van der Waals surface area contributed by atoms with E-state index in [1.807, 2.05) is 0 Å². The number of Topliss-reactive ketones (excluding diaryl/α,β-unsaturated/α-hetero) is 1. The van der Waals surface area contributed by atoms with Crippen LogP contribution in [0.3, 0.4) is 0 Å². The van der Waals surface area contributed by atoms with Crippen molar-refractivity contribution in [2.45, 2.75) is 6.42 Å². The second-order valence-electron chi connectivity index (χ2n) is 4.41. The molecule has 0 atom stereocenters. The van der Waals surface area contributed by atoms with Crippen LogP contribution in [0.25, 0.3) is 0 Å². The van der Waals surface area contributed by atoms with Gasteiger partial charge in [0.2, 0.25) is 0 Å². The zero-order chi connectivity index (χ0) is 15.2. The molecule has 0 aromatic heterocycles. The molecule has 0 aliphatic rings. The van der Waals surface area contributed by atoms with Crippen molar-refractivity contribution in [3.63, 3.8) is 0 Å². The molecule has 0 fully saturated rings. The number of nitrogens with zero attached hydrogens (tertiary/aromatic N) is 1. The van der Waals surface area contributed by atoms with Gasteiger partial charge in [-0.3, -0.25) is 4.79 Å². The summed E-state index contributed by atoms with van der Waals surface area (Å²) in [5.41, 5.74) is 6.79. The van der Waals surface area contributed by atoms with E-state index in [-0.39, 0.29) is 23.9 Å². The zero-order valence-electron chi connectivity index (χ0n) is 11.5. The lowest BCUT2D eigenvalue weighted by Gasteiger charge is -2.03. The molecule has 0 bridgehead atoms. The first kappa shape index (κ1) is 14.7. The van der Waals surface area contributed by atoms with E-state index in [0.717, 1.165) is 0 Å². The molecule has 2 N–H and O–H groups in total. The lowest BCUT2D eigenvalue weighted by atomic mass is 10.1. The first-order valence-electron chi connectivity index (χ1n) is 6.34. The number of nitrogens with two attached hydrogens (primary N) is 1. The summed E-state index contributed by atoms with van der Waals surface area (Å²) in [6.45, 7) is 0. The van der Waals surface area contributed by atoms with Crippen LogP contribution in [0.15, 0.2) is 53.5 Å². The average molecular weight is 286 g/mol. The van der Waals surface area contributed by atoms with E-state index >= 15 is 0 Å². The van der Waals surface area contributed by atoms with Crippen molar-refractivity contribution >= 4 is 17.3 Å². The summed E-state index contributed by atoms with van der Waals surface area (Å²) in [6.07, 6.45) is 0.00368. The number of carbonyl (C=O) groups is 1. The van der Waals surface area contributed by atoms with Gasteiger partial charge in [0.1, 0.15) is 17.4 Å². The summed E-state index contributed by atoms with van der Waals surface area (Å²) in [5.74, 6) is 0.379. The highest BCUT2D eigenvalue weighted by molar-refractivity contribution is 6.09. The van der Waals surface area contributed by atoms with Crippen molar-refractivity contribution in [1.82, 2.24) is 0 Å². The number of halogens is 1. The highest BCUT2D eigenvalue weighted by Gasteiger charge is 2.08. The Morgan fingerprint density at radius 2 is 1.76 bits per heavy atom. The molecule has 0 radical (unpaired) electrons. The Hall–Kier alpha value is -2.69. The highest BCUT2D eigenvalue weighted by Crippen LogP contribution is 2.15. The minimum absolute atomic E-state index is 0.00368. The fraction of sp³-hybridized carbons (Fsp3) is 0.125. The molecule has 0 saturated heterocycles. The summed E-state index contributed by atoms with van der Waals surface area (Å²) in [6, 6.07) is 12.3. The van der Waals surface area contributed by atoms with Gasteiger partial charge < -0.3 is 10.5 Å². The van der Waals surface area contributed by atoms with Gasteiger partial charge in [-0.1, -0.05) is 0 Å². The van der Waals surface area contributed by atoms with Crippen LogP contribution in [0, 0.1) is 5.82 Å². The topological polar surface area (TPSA) is 64.7 Å². The third-order valence-electron chi connectivity index (χ3n) is 2.85. The smallest absolute Gasteiger partial charge is 0.170 e. The molecule has 0 aliphatic carbocycles. The predicted octanol–water partition coefficient (Wildman–Crippen LogP) is 3.10. The van der Waals surface area contributed by atoms with Crippen molar-refractivity contribution in [2.75, 3.05) is 7.11 Å². The SMILES string of the molecule is COc1ccc(C(=O)CC(N)=Nc2ccc(F)cc2)cc1. The molecule has 4 nitrogen and oxygen atoms in total. The zero-order valence-corrected chi connectivity index (χ0v) is 11.5. The molecule has 0 spiro atoms. The van der Waals surface area contributed by atoms with E-state index in [4.69, 9.17) is 10.5 Å². The van der Waals surface area contributed by atoms with Crippen LogP contribution >= 0.6 is 0 Å². The maximum Gasteiger partial charge on any atom is 0.170 e. The van der Waals surface area contributed by atoms with E-state index in [1.165, 1.54) is 24.3 Å². The number of rotatable bonds is 5. The first-order valence-corrected chi connectivity index (χ1v) is 6.34. The van der Waals surface area contributed by atoms with Gasteiger partial charge in [0.15, 0.2) is 5.78 Å². The Morgan fingerprint density at radius 1 is 1.14 bits per heavy atom. The number of aliphatic imine (C=N–C) groups is 1. The lowest BCUT2D eigenvalue weighted by molar-refractivity contribution is 0.100. The number of methoxy groups -OCH3 is 1. The Labute approximate surface area is 122 Å². The third-order valence-corrected chi connectivity index (χ3v) is 2.85. The van der Waals surface area contributed by atoms with Gasteiger partial charge in [0.25, 0.3) is 0 Å². The minimum atomic E-state index is -0.346. The number of hydrogen-bond acceptors (Lipinski definition) is 3. The number of ketones is 1. The molecule has 0 saturated carbocycles. The van der Waals surface area contributed by atoms with E-state index in [9.17, 15) is 9.18 Å². The van der Waals surface area contributed by atoms with Crippen molar-refractivity contribution in [3.05, 3.63) is 59.9 Å². The van der Waals surface area contributed by atoms with Crippen LogP contribution in [0.1, 0.15) is 16.8 Å². The number of carbonyl (C=O) groups excluding carboxylic acids is 1. The largest absolute Gasteiger partial charge is 0.497 e. The molecule has 2 aromatic carbocycles. The van der Waals surface area contributed by atoms with Crippen LogP contribution in [-0.4, -0.2) is 18.7 Å². The van der Waals surface area contributed by atoms with Gasteiger partial charge in [0.05, 0.1) is 19.2 Å². The van der Waals surface area contributed by atoms with E-state index < -0.39 is 0 Å². The minimum Gasteiger partial charge on any atom is -0.497 e. The van der Waals surface area contributed by atoms with Crippen molar-refractivity contribution in [1.29, 1.82) is 0 Å². The molecule has 0 heterocycles. The maximum absolute atomic E-state index is 12.8. The van der Waals surface area contributed by atoms with Gasteiger partial charge >= 0.3 is 0 Å². The maximum atomic E-state index is 12.8. The average Bonchev–Trinajstić information content (AvgIpc) is 2.49. The van der Waals surface area contributed by atoms with Crippen LogP contribution in [0.5, 0.6) is 5.75 Å². The number of amidine groups is 1. The summed E-state index contributed by atoms with van der Waals surface area (Å²) in [7, 11) is 1.56. The molecule has 2 aromatic rings. The summed E-state index contributed by atoms with van der Waals surface area (Å²) < 4.78 is 17.8. The van der Waals surface area contributed by atoms with E-state index in [2.05, 4.69) is 4.99 Å². The Kier molecular flexibility index (Phi) is 4.66. The van der Waals surface area contributed by atoms with Crippen LogP contribution in [-0.2, 0) is 0 Å². The molecule has 0 unspecified atom stereocenters. The Balaban J connectivity index is 2.05. The molecule has 5 heteroatoms. The van der Waals surface area contributed by atoms with Crippen molar-refractivity contribution in [3.8, 4) is 5.75 Å². The first-order chi connectivity index (χ1) is 10.1. The van der Waals surface area contributed by atoms with Crippen molar-refractivity contribution < 1.29 is 13.9 Å². The third kappa shape index (κ3) is 4.14. The normalized spacial score (nSPS) is 11.2. The van der Waals surface area contributed by atoms with Crippen molar-refractivity contribution in [2.24, 2.45) is 10.7 Å². The predicted molar refractivity (Wildman–Crippen MR) is 79.6 cm³/mol. The second kappa shape index (κ2) is 6.65. The quantitative estimate of drug-likeness (QED) is 0.522. The molecule has 108 valence electrons. The Morgan fingerprint density at radius 3 is 2.33 bits per heavy atom. The van der Waals surface area contributed by atoms with Gasteiger partial charge in [-0.2, -0.15) is 0 Å². The second-order valence-corrected chi connectivity index (χ2v) is 4.41. The summed E-state index contributed by atoms with van der Waals surface area (Å²) in [5, 5.41) is 0. The van der Waals surface area contributed by atoms with Crippen LogP contribution in [0.2, 0.25) is 0 Å². The van der Waals surface area contributed by atoms with Crippen LogP contribution < -0.4 is 10.5 Å². The standard InChI is InChI=1S/C16H15FN2O2/c1-21-14-8-2-11(3-9-14)15(20)10-16(18)19-13-6-4-12(17)5-7-13/h2-9H,10H2,1H3,(H2,18,19). The number of benzene rings is 2. The fourth-order valence-electron chi connectivity index (χ4n) is 1.76. The highest BCUT2D eigenvalue weighted by atomic mass is 19.1. The molecular weight excluding hydrogens is 271 g/mol. The summed E-state index contributed by atoms with van der Waals surface area (Å²) in [4.78, 5) is 16.1. The van der Waals surface area contributed by atoms with Gasteiger partial charge in [-0.15, -0.1) is 0 Å². The lowest BCUT2D eigenvalue weighted by Crippen LogP contribution is -2.16. The molecule has 2 rings (SSSR count). The van der Waals surface area contributed by atoms with E-state index in [0.29, 0.717) is 17.0 Å². The van der Waals surface area contributed by atoms with Gasteiger partial charge in [-0.05, 0) is 48.5 Å². The molecule has 21 heavy (non-hydrogen) atoms. The van der Waals surface area contributed by atoms with E-state index in [1.54, 1.807) is 31.4 Å². The fourth-order valence-corrected chi connectivity index (χ4v) is 1.76. The summed E-state index contributed by atoms with van der Waals surface area (Å²) >= 11 is 0. The molecule has 0 amide bonds. The number of ether oxygens (including phenoxy) is 1. The van der Waals surface area contributed by atoms with Gasteiger partial charge in [-0.25, -0.2) is 9.38 Å².